The number of piperidine rings is 1. The van der Waals surface area contributed by atoms with Crippen LogP contribution in [0.1, 0.15) is 24.8 Å². The SMILES string of the molecule is Clc1ccc([C@@]2(CC3OCCO3)CCCNC2)cc1Cl. The van der Waals surface area contributed by atoms with Crippen LogP contribution in [0, 0.1) is 0 Å². The fourth-order valence-electron chi connectivity index (χ4n) is 3.18. The Balaban J connectivity index is 1.89. The summed E-state index contributed by atoms with van der Waals surface area (Å²) >= 11 is 12.2. The van der Waals surface area contributed by atoms with Gasteiger partial charge in [0.15, 0.2) is 6.29 Å². The van der Waals surface area contributed by atoms with Gasteiger partial charge in [0.1, 0.15) is 0 Å². The normalized spacial score (nSPS) is 27.9. The van der Waals surface area contributed by atoms with E-state index >= 15 is 0 Å². The first-order valence-electron chi connectivity index (χ1n) is 7.09. The molecule has 5 heteroatoms. The van der Waals surface area contributed by atoms with Crippen molar-refractivity contribution in [2.24, 2.45) is 0 Å². The molecule has 3 rings (SSSR count). The van der Waals surface area contributed by atoms with Crippen LogP contribution in [0.2, 0.25) is 10.0 Å². The van der Waals surface area contributed by atoms with Gasteiger partial charge in [-0.05, 0) is 37.1 Å². The molecule has 0 aliphatic carbocycles. The van der Waals surface area contributed by atoms with Gasteiger partial charge in [-0.25, -0.2) is 0 Å². The Morgan fingerprint density at radius 3 is 2.65 bits per heavy atom. The molecular formula is C15H19Cl2NO2. The summed E-state index contributed by atoms with van der Waals surface area (Å²) in [6.07, 6.45) is 3.01. The van der Waals surface area contributed by atoms with E-state index < -0.39 is 0 Å². The van der Waals surface area contributed by atoms with Gasteiger partial charge in [0, 0.05) is 18.4 Å². The van der Waals surface area contributed by atoms with Crippen LogP contribution in [0.3, 0.4) is 0 Å². The second kappa shape index (κ2) is 6.20. The van der Waals surface area contributed by atoms with Crippen LogP contribution < -0.4 is 5.32 Å². The highest BCUT2D eigenvalue weighted by molar-refractivity contribution is 6.42. The van der Waals surface area contributed by atoms with Gasteiger partial charge in [-0.1, -0.05) is 29.3 Å². The molecule has 0 bridgehead atoms. The van der Waals surface area contributed by atoms with Crippen molar-refractivity contribution in [2.45, 2.75) is 31.0 Å². The maximum absolute atomic E-state index is 6.20. The fraction of sp³-hybridized carbons (Fsp3) is 0.600. The van der Waals surface area contributed by atoms with Crippen LogP contribution in [0.25, 0.3) is 0 Å². The topological polar surface area (TPSA) is 30.5 Å². The van der Waals surface area contributed by atoms with E-state index in [1.165, 1.54) is 5.56 Å². The lowest BCUT2D eigenvalue weighted by atomic mass is 9.72. The molecular weight excluding hydrogens is 297 g/mol. The molecule has 2 fully saturated rings. The Kier molecular flexibility index (Phi) is 4.53. The highest BCUT2D eigenvalue weighted by atomic mass is 35.5. The van der Waals surface area contributed by atoms with Gasteiger partial charge >= 0.3 is 0 Å². The summed E-state index contributed by atoms with van der Waals surface area (Å²) in [7, 11) is 0. The molecule has 0 saturated carbocycles. The number of hydrogen-bond acceptors (Lipinski definition) is 3. The predicted molar refractivity (Wildman–Crippen MR) is 80.6 cm³/mol. The van der Waals surface area contributed by atoms with Crippen molar-refractivity contribution in [3.63, 3.8) is 0 Å². The molecule has 0 aromatic heterocycles. The Hall–Kier alpha value is -0.320. The highest BCUT2D eigenvalue weighted by Crippen LogP contribution is 2.39. The molecule has 2 aliphatic heterocycles. The standard InChI is InChI=1S/C15H19Cl2NO2/c16-12-3-2-11(8-13(12)17)15(4-1-5-18-10-15)9-14-19-6-7-20-14/h2-3,8,14,18H,1,4-7,9-10H2/t15-/m1/s1. The summed E-state index contributed by atoms with van der Waals surface area (Å²) in [6.45, 7) is 3.37. The highest BCUT2D eigenvalue weighted by Gasteiger charge is 2.38. The summed E-state index contributed by atoms with van der Waals surface area (Å²) < 4.78 is 11.3. The molecule has 20 heavy (non-hydrogen) atoms. The quantitative estimate of drug-likeness (QED) is 0.927. The van der Waals surface area contributed by atoms with E-state index in [2.05, 4.69) is 11.4 Å². The number of nitrogens with one attached hydrogen (secondary N) is 1. The first-order valence-corrected chi connectivity index (χ1v) is 7.85. The predicted octanol–water partition coefficient (Wildman–Crippen LogP) is 3.38. The first kappa shape index (κ1) is 14.6. The molecule has 2 heterocycles. The maximum atomic E-state index is 6.20. The zero-order valence-electron chi connectivity index (χ0n) is 11.3. The minimum atomic E-state index is -0.107. The van der Waals surface area contributed by atoms with E-state index in [9.17, 15) is 0 Å². The minimum Gasteiger partial charge on any atom is -0.350 e. The third kappa shape index (κ3) is 2.97. The van der Waals surface area contributed by atoms with Gasteiger partial charge in [-0.15, -0.1) is 0 Å². The summed E-state index contributed by atoms with van der Waals surface area (Å²) in [5.41, 5.74) is 1.24. The van der Waals surface area contributed by atoms with Crippen molar-refractivity contribution < 1.29 is 9.47 Å². The van der Waals surface area contributed by atoms with Crippen molar-refractivity contribution in [1.29, 1.82) is 0 Å². The molecule has 3 nitrogen and oxygen atoms in total. The van der Waals surface area contributed by atoms with E-state index in [0.29, 0.717) is 23.3 Å². The van der Waals surface area contributed by atoms with Gasteiger partial charge in [-0.2, -0.15) is 0 Å². The van der Waals surface area contributed by atoms with E-state index in [1.54, 1.807) is 0 Å². The Bertz CT molecular complexity index is 469. The van der Waals surface area contributed by atoms with Crippen molar-refractivity contribution in [1.82, 2.24) is 5.32 Å². The molecule has 0 spiro atoms. The molecule has 1 atom stereocenters. The molecule has 2 aliphatic rings. The number of benzene rings is 1. The van der Waals surface area contributed by atoms with Crippen LogP contribution in [-0.2, 0) is 14.9 Å². The van der Waals surface area contributed by atoms with Crippen LogP contribution in [0.15, 0.2) is 18.2 Å². The van der Waals surface area contributed by atoms with E-state index in [4.69, 9.17) is 32.7 Å². The lowest BCUT2D eigenvalue weighted by molar-refractivity contribution is -0.0639. The van der Waals surface area contributed by atoms with E-state index in [1.807, 2.05) is 12.1 Å². The van der Waals surface area contributed by atoms with Gasteiger partial charge in [0.25, 0.3) is 0 Å². The molecule has 1 N–H and O–H groups in total. The Morgan fingerprint density at radius 2 is 2.00 bits per heavy atom. The van der Waals surface area contributed by atoms with Crippen LogP contribution in [0.4, 0.5) is 0 Å². The molecule has 0 radical (unpaired) electrons. The monoisotopic (exact) mass is 315 g/mol. The van der Waals surface area contributed by atoms with Gasteiger partial charge in [-0.3, -0.25) is 0 Å². The largest absolute Gasteiger partial charge is 0.350 e. The van der Waals surface area contributed by atoms with Gasteiger partial charge in [0.2, 0.25) is 0 Å². The number of hydrogen-bond donors (Lipinski definition) is 1. The van der Waals surface area contributed by atoms with Crippen molar-refractivity contribution in [3.8, 4) is 0 Å². The lowest BCUT2D eigenvalue weighted by Crippen LogP contribution is -2.45. The van der Waals surface area contributed by atoms with Gasteiger partial charge in [0.05, 0.1) is 23.3 Å². The molecule has 1 aromatic carbocycles. The second-order valence-corrected chi connectivity index (χ2v) is 6.38. The molecule has 2 saturated heterocycles. The minimum absolute atomic E-state index is 0.0154. The Labute approximate surface area is 129 Å². The smallest absolute Gasteiger partial charge is 0.158 e. The maximum Gasteiger partial charge on any atom is 0.158 e. The Morgan fingerprint density at radius 1 is 1.20 bits per heavy atom. The summed E-state index contributed by atoms with van der Waals surface area (Å²) in [5, 5.41) is 4.71. The van der Waals surface area contributed by atoms with Crippen LogP contribution in [-0.4, -0.2) is 32.6 Å². The zero-order valence-corrected chi connectivity index (χ0v) is 12.8. The first-order chi connectivity index (χ1) is 9.70. The molecule has 0 amide bonds. The van der Waals surface area contributed by atoms with Crippen LogP contribution >= 0.6 is 23.2 Å². The third-order valence-corrected chi connectivity index (χ3v) is 4.99. The van der Waals surface area contributed by atoms with Crippen molar-refractivity contribution in [2.75, 3.05) is 26.3 Å². The number of ether oxygens (including phenoxy) is 2. The van der Waals surface area contributed by atoms with Crippen LogP contribution in [0.5, 0.6) is 0 Å². The third-order valence-electron chi connectivity index (χ3n) is 4.25. The van der Waals surface area contributed by atoms with Crippen molar-refractivity contribution >= 4 is 23.2 Å². The lowest BCUT2D eigenvalue weighted by Gasteiger charge is -2.39. The number of rotatable bonds is 3. The van der Waals surface area contributed by atoms with E-state index in [0.717, 1.165) is 32.4 Å². The molecule has 1 aromatic rings. The number of halogens is 2. The average Bonchev–Trinajstić information content (AvgIpc) is 2.95. The summed E-state index contributed by atoms with van der Waals surface area (Å²) in [6, 6.07) is 5.95. The fourth-order valence-corrected chi connectivity index (χ4v) is 3.47. The zero-order chi connectivity index (χ0) is 14.0. The summed E-state index contributed by atoms with van der Waals surface area (Å²) in [5.74, 6) is 0. The summed E-state index contributed by atoms with van der Waals surface area (Å²) in [4.78, 5) is 0. The second-order valence-electron chi connectivity index (χ2n) is 5.56. The average molecular weight is 316 g/mol. The van der Waals surface area contributed by atoms with E-state index in [-0.39, 0.29) is 11.7 Å². The molecule has 0 unspecified atom stereocenters. The van der Waals surface area contributed by atoms with Crippen molar-refractivity contribution in [3.05, 3.63) is 33.8 Å². The molecule has 110 valence electrons. The van der Waals surface area contributed by atoms with Gasteiger partial charge < -0.3 is 14.8 Å².